The number of thiazole rings is 1. The third-order valence-electron chi connectivity index (χ3n) is 3.52. The quantitative estimate of drug-likeness (QED) is 0.837. The van der Waals surface area contributed by atoms with Crippen LogP contribution in [0.5, 0.6) is 0 Å². The molecule has 0 spiro atoms. The van der Waals surface area contributed by atoms with Gasteiger partial charge in [-0.2, -0.15) is 0 Å². The number of nitrogens with one attached hydrogen (secondary N) is 2. The zero-order valence-corrected chi connectivity index (χ0v) is 14.1. The van der Waals surface area contributed by atoms with Crippen LogP contribution >= 0.6 is 22.9 Å². The Morgan fingerprint density at radius 2 is 2.39 bits per heavy atom. The van der Waals surface area contributed by atoms with E-state index in [1.807, 2.05) is 29.6 Å². The molecule has 1 atom stereocenters. The van der Waals surface area contributed by atoms with E-state index in [1.165, 1.54) is 11.3 Å². The van der Waals surface area contributed by atoms with Crippen molar-refractivity contribution in [3.8, 4) is 0 Å². The van der Waals surface area contributed by atoms with Crippen LogP contribution in [0.15, 0.2) is 29.6 Å². The highest BCUT2D eigenvalue weighted by atomic mass is 35.5. The fraction of sp³-hybridized carbons (Fsp3) is 0.375. The van der Waals surface area contributed by atoms with Crippen LogP contribution in [-0.4, -0.2) is 30.1 Å². The van der Waals surface area contributed by atoms with Crippen LogP contribution in [-0.2, 0) is 16.0 Å². The molecule has 2 N–H and O–H groups in total. The molecule has 1 aliphatic rings. The number of rotatable bonds is 6. The van der Waals surface area contributed by atoms with Gasteiger partial charge in [0.05, 0.1) is 18.2 Å². The van der Waals surface area contributed by atoms with Gasteiger partial charge in [0.15, 0.2) is 5.13 Å². The van der Waals surface area contributed by atoms with E-state index in [9.17, 15) is 4.79 Å². The molecule has 1 saturated heterocycles. The Balaban J connectivity index is 1.49. The third kappa shape index (κ3) is 4.92. The van der Waals surface area contributed by atoms with Gasteiger partial charge in [0, 0.05) is 29.2 Å². The molecule has 1 amide bonds. The number of ether oxygens (including phenoxy) is 1. The first-order valence-electron chi connectivity index (χ1n) is 7.54. The topological polar surface area (TPSA) is 63.2 Å². The number of carbonyl (C=O) groups is 1. The first kappa shape index (κ1) is 16.2. The Kier molecular flexibility index (Phi) is 5.48. The molecule has 23 heavy (non-hydrogen) atoms. The minimum Gasteiger partial charge on any atom is -0.376 e. The molecule has 5 nitrogen and oxygen atoms in total. The van der Waals surface area contributed by atoms with Crippen molar-refractivity contribution >= 4 is 39.7 Å². The maximum Gasteiger partial charge on any atom is 0.226 e. The van der Waals surface area contributed by atoms with E-state index < -0.39 is 0 Å². The summed E-state index contributed by atoms with van der Waals surface area (Å²) < 4.78 is 5.48. The number of aromatic nitrogens is 1. The monoisotopic (exact) mass is 351 g/mol. The summed E-state index contributed by atoms with van der Waals surface area (Å²) in [6.45, 7) is 1.38. The van der Waals surface area contributed by atoms with Gasteiger partial charge in [-0.3, -0.25) is 4.79 Å². The van der Waals surface area contributed by atoms with Crippen LogP contribution in [0.25, 0.3) is 0 Å². The normalized spacial score (nSPS) is 17.2. The zero-order chi connectivity index (χ0) is 16.1. The fourth-order valence-corrected chi connectivity index (χ4v) is 3.32. The van der Waals surface area contributed by atoms with Gasteiger partial charge in [-0.15, -0.1) is 11.3 Å². The molecule has 7 heteroatoms. The first-order valence-corrected chi connectivity index (χ1v) is 8.80. The summed E-state index contributed by atoms with van der Waals surface area (Å²) in [4.78, 5) is 16.4. The minimum atomic E-state index is -0.0277. The van der Waals surface area contributed by atoms with E-state index in [-0.39, 0.29) is 18.4 Å². The van der Waals surface area contributed by atoms with Crippen molar-refractivity contribution in [2.24, 2.45) is 0 Å². The summed E-state index contributed by atoms with van der Waals surface area (Å²) in [6, 6.07) is 7.44. The lowest BCUT2D eigenvalue weighted by Gasteiger charge is -2.10. The second kappa shape index (κ2) is 7.77. The molecular weight excluding hydrogens is 334 g/mol. The third-order valence-corrected chi connectivity index (χ3v) is 4.56. The number of anilines is 2. The van der Waals surface area contributed by atoms with Gasteiger partial charge < -0.3 is 15.4 Å². The van der Waals surface area contributed by atoms with E-state index >= 15 is 0 Å². The molecule has 2 heterocycles. The number of carbonyl (C=O) groups excluding carboxylic acids is 1. The lowest BCUT2D eigenvalue weighted by Crippen LogP contribution is -2.32. The van der Waals surface area contributed by atoms with Crippen molar-refractivity contribution in [2.45, 2.75) is 25.4 Å². The highest BCUT2D eigenvalue weighted by Gasteiger charge is 2.16. The lowest BCUT2D eigenvalue weighted by atomic mass is 10.2. The molecule has 0 bridgehead atoms. The largest absolute Gasteiger partial charge is 0.376 e. The van der Waals surface area contributed by atoms with E-state index in [1.54, 1.807) is 0 Å². The average Bonchev–Trinajstić information content (AvgIpc) is 3.17. The molecule has 0 unspecified atom stereocenters. The van der Waals surface area contributed by atoms with E-state index in [4.69, 9.17) is 16.3 Å². The summed E-state index contributed by atoms with van der Waals surface area (Å²) in [6.07, 6.45) is 2.53. The molecule has 1 aromatic heterocycles. The van der Waals surface area contributed by atoms with Gasteiger partial charge in [0.1, 0.15) is 0 Å². The summed E-state index contributed by atoms with van der Waals surface area (Å²) in [7, 11) is 0. The number of benzene rings is 1. The summed E-state index contributed by atoms with van der Waals surface area (Å²) in [5.74, 6) is -0.0277. The standard InChI is InChI=1S/C16H18ClN3O2S/c17-11-3-1-4-12(7-11)19-16-20-13(10-23-16)8-15(21)18-9-14-5-2-6-22-14/h1,3-4,7,10,14H,2,5-6,8-9H2,(H,18,21)(H,19,20)/t14-/m1/s1. The summed E-state index contributed by atoms with van der Waals surface area (Å²) >= 11 is 7.42. The van der Waals surface area contributed by atoms with Crippen molar-refractivity contribution in [2.75, 3.05) is 18.5 Å². The molecule has 3 rings (SSSR count). The van der Waals surface area contributed by atoms with Crippen molar-refractivity contribution in [1.29, 1.82) is 0 Å². The fourth-order valence-electron chi connectivity index (χ4n) is 2.40. The highest BCUT2D eigenvalue weighted by molar-refractivity contribution is 7.13. The first-order chi connectivity index (χ1) is 11.2. The Bertz CT molecular complexity index is 671. The van der Waals surface area contributed by atoms with Gasteiger partial charge in [-0.1, -0.05) is 17.7 Å². The van der Waals surface area contributed by atoms with Gasteiger partial charge in [-0.25, -0.2) is 4.98 Å². The van der Waals surface area contributed by atoms with Gasteiger partial charge in [0.25, 0.3) is 0 Å². The lowest BCUT2D eigenvalue weighted by molar-refractivity contribution is -0.121. The summed E-state index contributed by atoms with van der Waals surface area (Å²) in [5, 5.41) is 9.39. The molecular formula is C16H18ClN3O2S. The second-order valence-corrected chi connectivity index (χ2v) is 6.69. The summed E-state index contributed by atoms with van der Waals surface area (Å²) in [5.41, 5.74) is 1.63. The molecule has 0 aliphatic carbocycles. The van der Waals surface area contributed by atoms with E-state index in [2.05, 4.69) is 15.6 Å². The number of hydrogen-bond donors (Lipinski definition) is 2. The predicted molar refractivity (Wildman–Crippen MR) is 92.5 cm³/mol. The maximum atomic E-state index is 11.9. The molecule has 0 radical (unpaired) electrons. The van der Waals surface area contributed by atoms with E-state index in [0.717, 1.165) is 36.0 Å². The van der Waals surface area contributed by atoms with Gasteiger partial charge in [-0.05, 0) is 31.0 Å². The van der Waals surface area contributed by atoms with Crippen molar-refractivity contribution < 1.29 is 9.53 Å². The van der Waals surface area contributed by atoms with Gasteiger partial charge >= 0.3 is 0 Å². The predicted octanol–water partition coefficient (Wildman–Crippen LogP) is 3.38. The molecule has 122 valence electrons. The molecule has 1 fully saturated rings. The number of nitrogens with zero attached hydrogens (tertiary/aromatic N) is 1. The Hall–Kier alpha value is -1.63. The molecule has 0 saturated carbocycles. The SMILES string of the molecule is O=C(Cc1csc(Nc2cccc(Cl)c2)n1)NC[C@H]1CCCO1. The Morgan fingerprint density at radius 1 is 1.48 bits per heavy atom. The van der Waals surface area contributed by atoms with Crippen LogP contribution in [0.3, 0.4) is 0 Å². The van der Waals surface area contributed by atoms with Crippen LogP contribution < -0.4 is 10.6 Å². The number of halogens is 1. The molecule has 1 aromatic carbocycles. The van der Waals surface area contributed by atoms with Crippen molar-refractivity contribution in [3.05, 3.63) is 40.4 Å². The Labute approximate surface area is 144 Å². The van der Waals surface area contributed by atoms with Crippen molar-refractivity contribution in [1.82, 2.24) is 10.3 Å². The average molecular weight is 352 g/mol. The Morgan fingerprint density at radius 3 is 3.17 bits per heavy atom. The van der Waals surface area contributed by atoms with Crippen LogP contribution in [0.4, 0.5) is 10.8 Å². The highest BCUT2D eigenvalue weighted by Crippen LogP contribution is 2.23. The van der Waals surface area contributed by atoms with Crippen LogP contribution in [0.2, 0.25) is 5.02 Å². The minimum absolute atomic E-state index is 0.0277. The van der Waals surface area contributed by atoms with Crippen LogP contribution in [0, 0.1) is 0 Å². The molecule has 2 aromatic rings. The van der Waals surface area contributed by atoms with Gasteiger partial charge in [0.2, 0.25) is 5.91 Å². The smallest absolute Gasteiger partial charge is 0.226 e. The van der Waals surface area contributed by atoms with Crippen molar-refractivity contribution in [3.63, 3.8) is 0 Å². The number of amides is 1. The van der Waals surface area contributed by atoms with E-state index in [0.29, 0.717) is 11.6 Å². The second-order valence-electron chi connectivity index (χ2n) is 5.40. The number of hydrogen-bond acceptors (Lipinski definition) is 5. The van der Waals surface area contributed by atoms with Crippen LogP contribution in [0.1, 0.15) is 18.5 Å². The zero-order valence-electron chi connectivity index (χ0n) is 12.5. The molecule has 1 aliphatic heterocycles. The maximum absolute atomic E-state index is 11.9.